The van der Waals surface area contributed by atoms with Crippen LogP contribution in [0.4, 0.5) is 8.78 Å². The van der Waals surface area contributed by atoms with E-state index in [1.165, 1.54) is 0 Å². The molecule has 1 N–H and O–H groups in total. The Kier molecular flexibility index (Phi) is 5.08. The summed E-state index contributed by atoms with van der Waals surface area (Å²) in [5.74, 6) is -1.94. The fourth-order valence-corrected chi connectivity index (χ4v) is 3.52. The number of benzene rings is 2. The third kappa shape index (κ3) is 4.09. The van der Waals surface area contributed by atoms with Crippen molar-refractivity contribution < 1.29 is 17.2 Å². The lowest BCUT2D eigenvalue weighted by Crippen LogP contribution is -2.27. The van der Waals surface area contributed by atoms with Crippen molar-refractivity contribution in [2.24, 2.45) is 0 Å². The van der Waals surface area contributed by atoms with Crippen molar-refractivity contribution >= 4 is 26.0 Å². The fraction of sp³-hybridized carbons (Fsp3) is 0.143. The minimum Gasteiger partial charge on any atom is -0.210 e. The van der Waals surface area contributed by atoms with E-state index in [2.05, 4.69) is 20.7 Å². The molecule has 112 valence electrons. The predicted molar refractivity (Wildman–Crippen MR) is 79.7 cm³/mol. The first-order valence-electron chi connectivity index (χ1n) is 6.04. The highest BCUT2D eigenvalue weighted by molar-refractivity contribution is 9.09. The Morgan fingerprint density at radius 3 is 2.38 bits per heavy atom. The molecule has 7 heteroatoms. The molecule has 0 aromatic heterocycles. The largest absolute Gasteiger partial charge is 0.243 e. The second-order valence-corrected chi connectivity index (χ2v) is 7.15. The predicted octanol–water partition coefficient (Wildman–Crippen LogP) is 3.38. The van der Waals surface area contributed by atoms with Crippen molar-refractivity contribution in [3.05, 3.63) is 65.7 Å². The quantitative estimate of drug-likeness (QED) is 0.814. The van der Waals surface area contributed by atoms with Crippen LogP contribution >= 0.6 is 15.9 Å². The van der Waals surface area contributed by atoms with E-state index in [1.807, 2.05) is 30.3 Å². The molecule has 0 radical (unpaired) electrons. The van der Waals surface area contributed by atoms with E-state index in [1.54, 1.807) is 0 Å². The molecule has 0 bridgehead atoms. The maximum atomic E-state index is 13.5. The number of nitrogens with one attached hydrogen (secondary N) is 1. The van der Waals surface area contributed by atoms with Crippen LogP contribution in [-0.2, 0) is 10.0 Å². The monoisotopic (exact) mass is 375 g/mol. The van der Waals surface area contributed by atoms with E-state index in [0.717, 1.165) is 17.7 Å². The molecule has 1 atom stereocenters. The zero-order valence-corrected chi connectivity index (χ0v) is 13.2. The molecule has 0 heterocycles. The van der Waals surface area contributed by atoms with Gasteiger partial charge in [-0.25, -0.2) is 21.9 Å². The molecule has 0 aliphatic carbocycles. The lowest BCUT2D eigenvalue weighted by atomic mass is 10.2. The number of rotatable bonds is 5. The van der Waals surface area contributed by atoms with Crippen molar-refractivity contribution in [3.63, 3.8) is 0 Å². The van der Waals surface area contributed by atoms with Crippen molar-refractivity contribution in [2.45, 2.75) is 9.72 Å². The Bertz CT molecular complexity index is 723. The summed E-state index contributed by atoms with van der Waals surface area (Å²) in [6.45, 7) is 0.0448. The first-order valence-corrected chi connectivity index (χ1v) is 8.44. The topological polar surface area (TPSA) is 46.2 Å². The highest BCUT2D eigenvalue weighted by Gasteiger charge is 2.20. The van der Waals surface area contributed by atoms with Crippen LogP contribution in [0.5, 0.6) is 0 Å². The maximum absolute atomic E-state index is 13.5. The molecular weight excluding hydrogens is 364 g/mol. The minimum absolute atomic E-state index is 0.0448. The Morgan fingerprint density at radius 2 is 1.76 bits per heavy atom. The normalized spacial score (nSPS) is 13.1. The molecule has 0 aliphatic heterocycles. The average molecular weight is 376 g/mol. The van der Waals surface area contributed by atoms with Gasteiger partial charge in [-0.15, -0.1) is 0 Å². The van der Waals surface area contributed by atoms with E-state index in [9.17, 15) is 17.2 Å². The number of alkyl halides is 1. The van der Waals surface area contributed by atoms with Gasteiger partial charge in [0.25, 0.3) is 0 Å². The van der Waals surface area contributed by atoms with E-state index < -0.39 is 26.6 Å². The maximum Gasteiger partial charge on any atom is 0.243 e. The van der Waals surface area contributed by atoms with Gasteiger partial charge in [0.05, 0.1) is 4.83 Å². The first-order chi connectivity index (χ1) is 9.90. The molecular formula is C14H12BrF2NO2S. The third-order valence-corrected chi connectivity index (χ3v) is 5.11. The van der Waals surface area contributed by atoms with Gasteiger partial charge >= 0.3 is 0 Å². The summed E-state index contributed by atoms with van der Waals surface area (Å²) in [6.07, 6.45) is 0. The molecule has 3 nitrogen and oxygen atoms in total. The zero-order chi connectivity index (χ0) is 15.5. The van der Waals surface area contributed by atoms with Crippen LogP contribution in [-0.4, -0.2) is 15.0 Å². The van der Waals surface area contributed by atoms with Gasteiger partial charge in [0.2, 0.25) is 10.0 Å². The van der Waals surface area contributed by atoms with Crippen LogP contribution in [0, 0.1) is 11.6 Å². The van der Waals surface area contributed by atoms with Gasteiger partial charge in [0, 0.05) is 12.6 Å². The van der Waals surface area contributed by atoms with Crippen LogP contribution < -0.4 is 4.72 Å². The van der Waals surface area contributed by atoms with Gasteiger partial charge in [-0.05, 0) is 17.7 Å². The van der Waals surface area contributed by atoms with E-state index in [0.29, 0.717) is 6.07 Å². The molecule has 1 unspecified atom stereocenters. The SMILES string of the molecule is O=S(=O)(NCC(Br)c1ccccc1)c1ccc(F)cc1F. The van der Waals surface area contributed by atoms with Crippen LogP contribution in [0.2, 0.25) is 0 Å². The van der Waals surface area contributed by atoms with Gasteiger partial charge in [0.1, 0.15) is 16.5 Å². The van der Waals surface area contributed by atoms with Crippen molar-refractivity contribution in [1.29, 1.82) is 0 Å². The summed E-state index contributed by atoms with van der Waals surface area (Å²) in [5, 5.41) is 0. The minimum atomic E-state index is -4.03. The summed E-state index contributed by atoms with van der Waals surface area (Å²) in [6, 6.07) is 11.5. The molecule has 0 amide bonds. The fourth-order valence-electron chi connectivity index (χ4n) is 1.73. The van der Waals surface area contributed by atoms with Gasteiger partial charge in [0.15, 0.2) is 0 Å². The molecule has 0 saturated heterocycles. The second-order valence-electron chi connectivity index (χ2n) is 4.30. The second kappa shape index (κ2) is 6.64. The van der Waals surface area contributed by atoms with Gasteiger partial charge in [-0.1, -0.05) is 46.3 Å². The smallest absolute Gasteiger partial charge is 0.210 e. The van der Waals surface area contributed by atoms with Crippen LogP contribution in [0.1, 0.15) is 10.4 Å². The van der Waals surface area contributed by atoms with Crippen molar-refractivity contribution in [1.82, 2.24) is 4.72 Å². The van der Waals surface area contributed by atoms with E-state index in [-0.39, 0.29) is 11.4 Å². The molecule has 0 spiro atoms. The summed E-state index contributed by atoms with van der Waals surface area (Å²) < 4.78 is 52.6. The van der Waals surface area contributed by atoms with Gasteiger partial charge in [-0.3, -0.25) is 0 Å². The van der Waals surface area contributed by atoms with E-state index in [4.69, 9.17) is 0 Å². The summed E-state index contributed by atoms with van der Waals surface area (Å²) >= 11 is 3.36. The highest BCUT2D eigenvalue weighted by atomic mass is 79.9. The van der Waals surface area contributed by atoms with E-state index >= 15 is 0 Å². The Morgan fingerprint density at radius 1 is 1.10 bits per heavy atom. The van der Waals surface area contributed by atoms with Crippen LogP contribution in [0.3, 0.4) is 0 Å². The Hall–Kier alpha value is -1.31. The molecule has 2 aromatic carbocycles. The standard InChI is InChI=1S/C14H12BrF2NO2S/c15-12(10-4-2-1-3-5-10)9-18-21(19,20)14-7-6-11(16)8-13(14)17/h1-8,12,18H,9H2. The first kappa shape index (κ1) is 16.1. The molecule has 0 fully saturated rings. The zero-order valence-electron chi connectivity index (χ0n) is 10.8. The lowest BCUT2D eigenvalue weighted by molar-refractivity contribution is 0.543. The van der Waals surface area contributed by atoms with Gasteiger partial charge < -0.3 is 0 Å². The Balaban J connectivity index is 2.11. The number of hydrogen-bond donors (Lipinski definition) is 1. The summed E-state index contributed by atoms with van der Waals surface area (Å²) in [5.41, 5.74) is 0.889. The molecule has 2 rings (SSSR count). The summed E-state index contributed by atoms with van der Waals surface area (Å²) in [4.78, 5) is -0.825. The summed E-state index contributed by atoms with van der Waals surface area (Å²) in [7, 11) is -4.03. The van der Waals surface area contributed by atoms with Crippen LogP contribution in [0.15, 0.2) is 53.4 Å². The third-order valence-electron chi connectivity index (χ3n) is 2.80. The van der Waals surface area contributed by atoms with Crippen LogP contribution in [0.25, 0.3) is 0 Å². The highest BCUT2D eigenvalue weighted by Crippen LogP contribution is 2.22. The molecule has 0 saturated carbocycles. The number of halogens is 3. The molecule has 21 heavy (non-hydrogen) atoms. The van der Waals surface area contributed by atoms with Gasteiger partial charge in [-0.2, -0.15) is 0 Å². The van der Waals surface area contributed by atoms with Crippen molar-refractivity contribution in [2.75, 3.05) is 6.54 Å². The lowest BCUT2D eigenvalue weighted by Gasteiger charge is -2.12. The molecule has 0 aliphatic rings. The van der Waals surface area contributed by atoms with Crippen molar-refractivity contribution in [3.8, 4) is 0 Å². The average Bonchev–Trinajstić information content (AvgIpc) is 2.45. The molecule has 2 aromatic rings. The number of hydrogen-bond acceptors (Lipinski definition) is 2. The number of sulfonamides is 1. The Labute approximate surface area is 130 Å².